The molecule has 8 heteroatoms. The molecule has 0 aliphatic carbocycles. The zero-order valence-electron chi connectivity index (χ0n) is 11.1. The number of carbonyl (C=O) groups excluding carboxylic acids is 1. The summed E-state index contributed by atoms with van der Waals surface area (Å²) >= 11 is 0. The molecule has 1 amide bonds. The maximum Gasteiger partial charge on any atom is 0.416 e. The number of rotatable bonds is 1. The fourth-order valence-corrected chi connectivity index (χ4v) is 2.65. The van der Waals surface area contributed by atoms with Crippen LogP contribution in [-0.2, 0) is 15.7 Å². The van der Waals surface area contributed by atoms with E-state index >= 15 is 0 Å². The monoisotopic (exact) mass is 301 g/mol. The quantitative estimate of drug-likeness (QED) is 0.847. The molecule has 1 aromatic rings. The van der Waals surface area contributed by atoms with Crippen LogP contribution in [0.25, 0.3) is 0 Å². The second kappa shape index (κ2) is 4.87. The van der Waals surface area contributed by atoms with Gasteiger partial charge in [0, 0.05) is 19.3 Å². The zero-order valence-corrected chi connectivity index (χ0v) is 11.1. The molecule has 0 bridgehead atoms. The van der Waals surface area contributed by atoms with E-state index < -0.39 is 17.3 Å². The molecule has 2 fully saturated rings. The highest BCUT2D eigenvalue weighted by atomic mass is 19.4. The van der Waals surface area contributed by atoms with Gasteiger partial charge in [-0.3, -0.25) is 4.79 Å². The third kappa shape index (κ3) is 2.80. The fraction of sp³-hybridized carbons (Fsp3) is 0.538. The Bertz CT molecular complexity index is 552. The first-order valence-corrected chi connectivity index (χ1v) is 6.57. The first kappa shape index (κ1) is 14.1. The predicted octanol–water partition coefficient (Wildman–Crippen LogP) is 1.20. The number of aromatic nitrogens is 1. The Morgan fingerprint density at radius 2 is 2.24 bits per heavy atom. The van der Waals surface area contributed by atoms with Crippen molar-refractivity contribution >= 4 is 11.7 Å². The molecule has 5 nitrogen and oxygen atoms in total. The fourth-order valence-electron chi connectivity index (χ4n) is 2.65. The van der Waals surface area contributed by atoms with E-state index in [4.69, 9.17) is 4.74 Å². The van der Waals surface area contributed by atoms with Crippen molar-refractivity contribution in [2.45, 2.75) is 18.2 Å². The van der Waals surface area contributed by atoms with Gasteiger partial charge in [-0.15, -0.1) is 0 Å². The number of carbonyl (C=O) groups is 1. The number of alkyl halides is 3. The molecule has 2 aliphatic heterocycles. The summed E-state index contributed by atoms with van der Waals surface area (Å²) in [5.74, 6) is 0.110. The van der Waals surface area contributed by atoms with Crippen molar-refractivity contribution in [1.82, 2.24) is 10.3 Å². The number of nitrogens with one attached hydrogen (secondary N) is 1. The number of ether oxygens (including phenoxy) is 1. The molecule has 0 radical (unpaired) electrons. The molecule has 21 heavy (non-hydrogen) atoms. The Labute approximate surface area is 119 Å². The molecule has 3 heterocycles. The summed E-state index contributed by atoms with van der Waals surface area (Å²) in [6, 6.07) is 1.99. The number of hydrogen-bond acceptors (Lipinski definition) is 4. The Balaban J connectivity index is 1.76. The average Bonchev–Trinajstić information content (AvgIpc) is 2.86. The van der Waals surface area contributed by atoms with Gasteiger partial charge in [0.15, 0.2) is 0 Å². The summed E-state index contributed by atoms with van der Waals surface area (Å²) in [6.45, 7) is 1.33. The van der Waals surface area contributed by atoms with Crippen LogP contribution in [0.15, 0.2) is 18.3 Å². The molecule has 0 aromatic carbocycles. The summed E-state index contributed by atoms with van der Waals surface area (Å²) in [5.41, 5.74) is -1.24. The van der Waals surface area contributed by atoms with Crippen LogP contribution in [0.4, 0.5) is 19.0 Å². The Morgan fingerprint density at radius 1 is 1.43 bits per heavy atom. The Kier molecular flexibility index (Phi) is 3.27. The van der Waals surface area contributed by atoms with E-state index in [1.54, 1.807) is 4.90 Å². The number of halogens is 3. The topological polar surface area (TPSA) is 54.5 Å². The second-order valence-electron chi connectivity index (χ2n) is 5.32. The molecule has 1 N–H and O–H groups in total. The van der Waals surface area contributed by atoms with Crippen LogP contribution in [0.2, 0.25) is 0 Å². The highest BCUT2D eigenvalue weighted by molar-refractivity contribution is 5.78. The van der Waals surface area contributed by atoms with Crippen molar-refractivity contribution in [1.29, 1.82) is 0 Å². The maximum atomic E-state index is 12.7. The molecule has 1 unspecified atom stereocenters. The minimum Gasteiger partial charge on any atom is -0.361 e. The van der Waals surface area contributed by atoms with Crippen LogP contribution in [-0.4, -0.2) is 42.7 Å². The number of pyridine rings is 1. The van der Waals surface area contributed by atoms with E-state index in [9.17, 15) is 18.0 Å². The van der Waals surface area contributed by atoms with Gasteiger partial charge in [-0.05, 0) is 18.6 Å². The smallest absolute Gasteiger partial charge is 0.361 e. The van der Waals surface area contributed by atoms with Gasteiger partial charge < -0.3 is 15.0 Å². The minimum absolute atomic E-state index is 0.0101. The van der Waals surface area contributed by atoms with Gasteiger partial charge in [0.05, 0.1) is 12.1 Å². The number of nitrogens with zero attached hydrogens (tertiary/aromatic N) is 2. The molecule has 1 spiro atoms. The summed E-state index contributed by atoms with van der Waals surface area (Å²) in [6.07, 6.45) is -2.58. The van der Waals surface area contributed by atoms with Crippen LogP contribution in [0, 0.1) is 0 Å². The molecule has 1 atom stereocenters. The lowest BCUT2D eigenvalue weighted by atomic mass is 10.0. The van der Waals surface area contributed by atoms with E-state index in [1.165, 1.54) is 0 Å². The average molecular weight is 301 g/mol. The van der Waals surface area contributed by atoms with Crippen LogP contribution < -0.4 is 10.2 Å². The molecular weight excluding hydrogens is 287 g/mol. The van der Waals surface area contributed by atoms with Gasteiger partial charge in [-0.2, -0.15) is 13.2 Å². The van der Waals surface area contributed by atoms with Crippen LogP contribution in [0.1, 0.15) is 12.0 Å². The molecular formula is C13H14F3N3O2. The van der Waals surface area contributed by atoms with Crippen molar-refractivity contribution < 1.29 is 22.7 Å². The van der Waals surface area contributed by atoms with Crippen molar-refractivity contribution in [3.63, 3.8) is 0 Å². The lowest BCUT2D eigenvalue weighted by Gasteiger charge is -2.33. The van der Waals surface area contributed by atoms with E-state index in [0.717, 1.165) is 18.3 Å². The minimum atomic E-state index is -4.38. The van der Waals surface area contributed by atoms with Crippen molar-refractivity contribution in [3.05, 3.63) is 23.9 Å². The zero-order chi connectivity index (χ0) is 15.1. The largest absolute Gasteiger partial charge is 0.416 e. The highest BCUT2D eigenvalue weighted by Crippen LogP contribution is 2.33. The highest BCUT2D eigenvalue weighted by Gasteiger charge is 2.43. The molecule has 2 aliphatic rings. The summed E-state index contributed by atoms with van der Waals surface area (Å²) in [5, 5.41) is 2.73. The van der Waals surface area contributed by atoms with Gasteiger partial charge in [-0.1, -0.05) is 0 Å². The van der Waals surface area contributed by atoms with E-state index in [-0.39, 0.29) is 18.3 Å². The third-order valence-electron chi connectivity index (χ3n) is 3.83. The van der Waals surface area contributed by atoms with E-state index in [2.05, 4.69) is 10.3 Å². The maximum absolute atomic E-state index is 12.7. The summed E-state index contributed by atoms with van der Waals surface area (Å²) in [7, 11) is 0. The second-order valence-corrected chi connectivity index (χ2v) is 5.32. The normalized spacial score (nSPS) is 26.2. The summed E-state index contributed by atoms with van der Waals surface area (Å²) < 4.78 is 43.8. The number of morpholine rings is 1. The molecule has 1 aromatic heterocycles. The standard InChI is InChI=1S/C13H14F3N3O2/c14-13(15,16)9-1-3-17-10(5-9)19-4-2-12(8-19)7-18-11(20)6-21-12/h1,3,5H,2,4,6-8H2,(H,18,20). The van der Waals surface area contributed by atoms with Crippen LogP contribution >= 0.6 is 0 Å². The third-order valence-corrected chi connectivity index (χ3v) is 3.83. The summed E-state index contributed by atoms with van der Waals surface area (Å²) in [4.78, 5) is 16.9. The first-order chi connectivity index (χ1) is 9.88. The lowest BCUT2D eigenvalue weighted by Crippen LogP contribution is -2.53. The van der Waals surface area contributed by atoms with Crippen molar-refractivity contribution in [2.75, 3.05) is 31.1 Å². The molecule has 2 saturated heterocycles. The van der Waals surface area contributed by atoms with Gasteiger partial charge >= 0.3 is 6.18 Å². The van der Waals surface area contributed by atoms with Gasteiger partial charge in [-0.25, -0.2) is 4.98 Å². The molecule has 3 rings (SSSR count). The number of amides is 1. The lowest BCUT2D eigenvalue weighted by molar-refractivity contribution is -0.141. The molecule has 0 saturated carbocycles. The number of anilines is 1. The van der Waals surface area contributed by atoms with Crippen molar-refractivity contribution in [3.8, 4) is 0 Å². The number of hydrogen-bond donors (Lipinski definition) is 1. The van der Waals surface area contributed by atoms with Crippen LogP contribution in [0.3, 0.4) is 0 Å². The van der Waals surface area contributed by atoms with Crippen molar-refractivity contribution in [2.24, 2.45) is 0 Å². The van der Waals surface area contributed by atoms with Crippen LogP contribution in [0.5, 0.6) is 0 Å². The first-order valence-electron chi connectivity index (χ1n) is 6.57. The Morgan fingerprint density at radius 3 is 2.90 bits per heavy atom. The SMILES string of the molecule is O=C1COC2(CCN(c3cc(C(F)(F)F)ccn3)C2)CN1. The van der Waals surface area contributed by atoms with E-state index in [0.29, 0.717) is 26.1 Å². The van der Waals surface area contributed by atoms with Gasteiger partial charge in [0.25, 0.3) is 0 Å². The predicted molar refractivity (Wildman–Crippen MR) is 67.8 cm³/mol. The molecule has 114 valence electrons. The van der Waals surface area contributed by atoms with Gasteiger partial charge in [0.1, 0.15) is 18.0 Å². The van der Waals surface area contributed by atoms with Gasteiger partial charge in [0.2, 0.25) is 5.91 Å². The Hall–Kier alpha value is -1.83. The van der Waals surface area contributed by atoms with E-state index in [1.807, 2.05) is 0 Å².